The standard InChI is InChI=1S/C8H7F2NO2/c1-4-2-5(8(12)11-13)7(10)3-6(4)9/h2-3,13H,1H3,(H,11,12). The summed E-state index contributed by atoms with van der Waals surface area (Å²) in [7, 11) is 0. The highest BCUT2D eigenvalue weighted by atomic mass is 19.1. The number of hydrogen-bond acceptors (Lipinski definition) is 2. The molecule has 0 fully saturated rings. The zero-order chi connectivity index (χ0) is 10.0. The van der Waals surface area contributed by atoms with Crippen LogP contribution < -0.4 is 5.48 Å². The van der Waals surface area contributed by atoms with Gasteiger partial charge in [0.25, 0.3) is 5.91 Å². The number of rotatable bonds is 1. The molecule has 0 spiro atoms. The Morgan fingerprint density at radius 3 is 2.54 bits per heavy atom. The molecule has 0 saturated carbocycles. The normalized spacial score (nSPS) is 9.85. The summed E-state index contributed by atoms with van der Waals surface area (Å²) in [6, 6.07) is 1.62. The van der Waals surface area contributed by atoms with Crippen LogP contribution in [0.2, 0.25) is 0 Å². The number of halogens is 2. The molecular weight excluding hydrogens is 180 g/mol. The van der Waals surface area contributed by atoms with Crippen LogP contribution in [-0.4, -0.2) is 11.1 Å². The van der Waals surface area contributed by atoms with Gasteiger partial charge >= 0.3 is 0 Å². The van der Waals surface area contributed by atoms with Crippen molar-refractivity contribution in [1.29, 1.82) is 0 Å². The number of nitrogens with one attached hydrogen (secondary N) is 1. The maximum atomic E-state index is 12.9. The van der Waals surface area contributed by atoms with Gasteiger partial charge in [-0.25, -0.2) is 14.3 Å². The summed E-state index contributed by atoms with van der Waals surface area (Å²) in [6.07, 6.45) is 0. The highest BCUT2D eigenvalue weighted by Gasteiger charge is 2.13. The summed E-state index contributed by atoms with van der Waals surface area (Å²) in [5.74, 6) is -2.73. The molecule has 0 aliphatic carbocycles. The molecule has 1 aromatic carbocycles. The number of hydroxylamine groups is 1. The van der Waals surface area contributed by atoms with E-state index in [-0.39, 0.29) is 11.1 Å². The second kappa shape index (κ2) is 3.49. The van der Waals surface area contributed by atoms with Crippen LogP contribution in [0.1, 0.15) is 15.9 Å². The molecule has 3 nitrogen and oxygen atoms in total. The van der Waals surface area contributed by atoms with Gasteiger partial charge in [-0.05, 0) is 18.6 Å². The summed E-state index contributed by atoms with van der Waals surface area (Å²) >= 11 is 0. The van der Waals surface area contributed by atoms with Crippen molar-refractivity contribution in [2.24, 2.45) is 0 Å². The van der Waals surface area contributed by atoms with Gasteiger partial charge in [0.15, 0.2) is 0 Å². The molecule has 0 atom stereocenters. The van der Waals surface area contributed by atoms with Gasteiger partial charge in [-0.3, -0.25) is 10.0 Å². The van der Waals surface area contributed by atoms with Crippen LogP contribution >= 0.6 is 0 Å². The van der Waals surface area contributed by atoms with Crippen molar-refractivity contribution in [3.63, 3.8) is 0 Å². The van der Waals surface area contributed by atoms with E-state index in [1.165, 1.54) is 12.4 Å². The number of carbonyl (C=O) groups excluding carboxylic acids is 1. The topological polar surface area (TPSA) is 49.3 Å². The van der Waals surface area contributed by atoms with Crippen LogP contribution in [-0.2, 0) is 0 Å². The Bertz CT molecular complexity index is 352. The van der Waals surface area contributed by atoms with Crippen LogP contribution in [0.5, 0.6) is 0 Å². The van der Waals surface area contributed by atoms with E-state index < -0.39 is 17.5 Å². The van der Waals surface area contributed by atoms with Crippen LogP contribution in [0.4, 0.5) is 8.78 Å². The minimum absolute atomic E-state index is 0.139. The number of hydrogen-bond donors (Lipinski definition) is 2. The van der Waals surface area contributed by atoms with Crippen LogP contribution in [0.15, 0.2) is 12.1 Å². The lowest BCUT2D eigenvalue weighted by Crippen LogP contribution is -2.20. The molecule has 1 amide bonds. The smallest absolute Gasteiger partial charge is 0.277 e. The van der Waals surface area contributed by atoms with Crippen LogP contribution in [0, 0.1) is 18.6 Å². The van der Waals surface area contributed by atoms with E-state index in [1.54, 1.807) is 0 Å². The molecule has 70 valence electrons. The predicted molar refractivity (Wildman–Crippen MR) is 40.3 cm³/mol. The van der Waals surface area contributed by atoms with Crippen molar-refractivity contribution < 1.29 is 18.8 Å². The highest BCUT2D eigenvalue weighted by molar-refractivity contribution is 5.93. The van der Waals surface area contributed by atoms with E-state index in [2.05, 4.69) is 0 Å². The van der Waals surface area contributed by atoms with Crippen molar-refractivity contribution in [3.8, 4) is 0 Å². The molecule has 2 N–H and O–H groups in total. The third-order valence-corrected chi connectivity index (χ3v) is 1.59. The van der Waals surface area contributed by atoms with E-state index in [0.717, 1.165) is 6.07 Å². The van der Waals surface area contributed by atoms with E-state index in [9.17, 15) is 13.6 Å². The van der Waals surface area contributed by atoms with Gasteiger partial charge in [0, 0.05) is 6.07 Å². The van der Waals surface area contributed by atoms with Crippen molar-refractivity contribution in [2.45, 2.75) is 6.92 Å². The van der Waals surface area contributed by atoms with Gasteiger partial charge in [-0.2, -0.15) is 0 Å². The maximum Gasteiger partial charge on any atom is 0.277 e. The zero-order valence-electron chi connectivity index (χ0n) is 6.77. The van der Waals surface area contributed by atoms with Crippen LogP contribution in [0.25, 0.3) is 0 Å². The van der Waals surface area contributed by atoms with E-state index in [0.29, 0.717) is 6.07 Å². The van der Waals surface area contributed by atoms with Gasteiger partial charge in [0.1, 0.15) is 11.6 Å². The first-order valence-corrected chi connectivity index (χ1v) is 3.46. The number of benzene rings is 1. The first-order chi connectivity index (χ1) is 6.06. The molecule has 13 heavy (non-hydrogen) atoms. The zero-order valence-corrected chi connectivity index (χ0v) is 6.77. The fraction of sp³-hybridized carbons (Fsp3) is 0.125. The lowest BCUT2D eigenvalue weighted by Gasteiger charge is -2.02. The fourth-order valence-corrected chi connectivity index (χ4v) is 0.891. The molecular formula is C8H7F2NO2. The van der Waals surface area contributed by atoms with Crippen molar-refractivity contribution >= 4 is 5.91 Å². The number of aryl methyl sites for hydroxylation is 1. The number of amides is 1. The van der Waals surface area contributed by atoms with Gasteiger partial charge in [0.05, 0.1) is 5.56 Å². The third kappa shape index (κ3) is 1.81. The highest BCUT2D eigenvalue weighted by Crippen LogP contribution is 2.13. The summed E-state index contributed by atoms with van der Waals surface area (Å²) in [5, 5.41) is 8.21. The quantitative estimate of drug-likeness (QED) is 0.515. The lowest BCUT2D eigenvalue weighted by molar-refractivity contribution is 0.0701. The summed E-state index contributed by atoms with van der Waals surface area (Å²) in [6.45, 7) is 1.39. The van der Waals surface area contributed by atoms with Crippen molar-refractivity contribution in [1.82, 2.24) is 5.48 Å². The second-order valence-corrected chi connectivity index (χ2v) is 2.52. The van der Waals surface area contributed by atoms with E-state index in [1.807, 2.05) is 0 Å². The molecule has 0 aromatic heterocycles. The summed E-state index contributed by atoms with van der Waals surface area (Å²) in [4.78, 5) is 10.8. The fourth-order valence-electron chi connectivity index (χ4n) is 0.891. The van der Waals surface area contributed by atoms with Gasteiger partial charge < -0.3 is 0 Å². The van der Waals surface area contributed by atoms with Gasteiger partial charge in [-0.1, -0.05) is 0 Å². The molecule has 0 bridgehead atoms. The molecule has 0 heterocycles. The Hall–Kier alpha value is -1.49. The van der Waals surface area contributed by atoms with E-state index in [4.69, 9.17) is 5.21 Å². The SMILES string of the molecule is Cc1cc(C(=O)NO)c(F)cc1F. The van der Waals surface area contributed by atoms with Gasteiger partial charge in [0.2, 0.25) is 0 Å². The average molecular weight is 187 g/mol. The third-order valence-electron chi connectivity index (χ3n) is 1.59. The maximum absolute atomic E-state index is 12.9. The minimum Gasteiger partial charge on any atom is -0.288 e. The predicted octanol–water partition coefficient (Wildman–Crippen LogP) is 1.39. The molecule has 0 radical (unpaired) electrons. The first-order valence-electron chi connectivity index (χ1n) is 3.46. The monoisotopic (exact) mass is 187 g/mol. The molecule has 1 rings (SSSR count). The largest absolute Gasteiger partial charge is 0.288 e. The summed E-state index contributed by atoms with van der Waals surface area (Å²) < 4.78 is 25.5. The average Bonchev–Trinajstić information content (AvgIpc) is 2.10. The minimum atomic E-state index is -1.00. The molecule has 0 unspecified atom stereocenters. The Morgan fingerprint density at radius 1 is 1.38 bits per heavy atom. The first kappa shape index (κ1) is 9.60. The Labute approximate surface area is 73.0 Å². The second-order valence-electron chi connectivity index (χ2n) is 2.52. The Kier molecular flexibility index (Phi) is 2.57. The van der Waals surface area contributed by atoms with Crippen molar-refractivity contribution in [2.75, 3.05) is 0 Å². The molecule has 0 aliphatic rings. The Morgan fingerprint density at radius 2 is 2.00 bits per heavy atom. The lowest BCUT2D eigenvalue weighted by atomic mass is 10.1. The molecule has 0 saturated heterocycles. The van der Waals surface area contributed by atoms with E-state index >= 15 is 0 Å². The van der Waals surface area contributed by atoms with Gasteiger partial charge in [-0.15, -0.1) is 0 Å². The molecule has 1 aromatic rings. The van der Waals surface area contributed by atoms with Crippen molar-refractivity contribution in [3.05, 3.63) is 34.9 Å². The molecule has 5 heteroatoms. The molecule has 0 aliphatic heterocycles. The van der Waals surface area contributed by atoms with Crippen LogP contribution in [0.3, 0.4) is 0 Å². The number of carbonyl (C=O) groups is 1. The summed E-state index contributed by atoms with van der Waals surface area (Å²) in [5.41, 5.74) is 1.02. The Balaban J connectivity index is 3.23.